The highest BCUT2D eigenvalue weighted by atomic mass is 32.2. The van der Waals surface area contributed by atoms with Crippen molar-refractivity contribution in [3.63, 3.8) is 0 Å². The molecule has 1 aromatic carbocycles. The minimum absolute atomic E-state index is 0.127. The minimum atomic E-state index is -0.485. The SMILES string of the molecule is COC(=O)c1ccsc1NC(=O)CSc1nnc(COc2ccc(C(C)C)cc2)n1C. The highest BCUT2D eigenvalue weighted by Crippen LogP contribution is 2.25. The molecule has 164 valence electrons. The second-order valence-corrected chi connectivity index (χ2v) is 8.82. The molecule has 2 aromatic heterocycles. The molecule has 0 aliphatic rings. The van der Waals surface area contributed by atoms with Crippen molar-refractivity contribution in [3.05, 3.63) is 52.7 Å². The number of rotatable bonds is 9. The first kappa shape index (κ1) is 22.8. The highest BCUT2D eigenvalue weighted by Gasteiger charge is 2.17. The number of benzene rings is 1. The Bertz CT molecular complexity index is 1040. The highest BCUT2D eigenvalue weighted by molar-refractivity contribution is 7.99. The molecule has 1 N–H and O–H groups in total. The Morgan fingerprint density at radius 1 is 1.19 bits per heavy atom. The van der Waals surface area contributed by atoms with Gasteiger partial charge in [-0.05, 0) is 35.1 Å². The summed E-state index contributed by atoms with van der Waals surface area (Å²) in [5.41, 5.74) is 1.59. The third-order valence-corrected chi connectivity index (χ3v) is 6.35. The molecule has 0 aliphatic carbocycles. The molecule has 10 heteroatoms. The predicted octanol–water partition coefficient (Wildman–Crippen LogP) is 4.10. The van der Waals surface area contributed by atoms with Gasteiger partial charge in [-0.2, -0.15) is 0 Å². The number of aromatic nitrogens is 3. The molecule has 1 amide bonds. The Kier molecular flexibility index (Phi) is 7.69. The summed E-state index contributed by atoms with van der Waals surface area (Å²) in [5, 5.41) is 13.8. The van der Waals surface area contributed by atoms with Crippen LogP contribution in [0, 0.1) is 0 Å². The van der Waals surface area contributed by atoms with Crippen LogP contribution in [0.4, 0.5) is 5.00 Å². The minimum Gasteiger partial charge on any atom is -0.486 e. The van der Waals surface area contributed by atoms with Crippen LogP contribution in [0.15, 0.2) is 40.9 Å². The van der Waals surface area contributed by atoms with E-state index in [2.05, 4.69) is 41.5 Å². The summed E-state index contributed by atoms with van der Waals surface area (Å²) >= 11 is 2.52. The normalized spacial score (nSPS) is 10.9. The van der Waals surface area contributed by atoms with Gasteiger partial charge in [0.05, 0.1) is 18.4 Å². The molecule has 8 nitrogen and oxygen atoms in total. The Morgan fingerprint density at radius 3 is 2.61 bits per heavy atom. The number of methoxy groups -OCH3 is 1. The number of ether oxygens (including phenoxy) is 2. The fourth-order valence-electron chi connectivity index (χ4n) is 2.66. The van der Waals surface area contributed by atoms with Gasteiger partial charge in [0.25, 0.3) is 0 Å². The van der Waals surface area contributed by atoms with E-state index in [4.69, 9.17) is 9.47 Å². The number of thiophene rings is 1. The fraction of sp³-hybridized carbons (Fsp3) is 0.333. The topological polar surface area (TPSA) is 95.3 Å². The van der Waals surface area contributed by atoms with Crippen LogP contribution in [0.5, 0.6) is 5.75 Å². The lowest BCUT2D eigenvalue weighted by Gasteiger charge is -2.09. The van der Waals surface area contributed by atoms with Crippen molar-refractivity contribution in [2.45, 2.75) is 31.5 Å². The molecule has 0 radical (unpaired) electrons. The first-order valence-electron chi connectivity index (χ1n) is 9.58. The van der Waals surface area contributed by atoms with E-state index in [1.807, 2.05) is 19.2 Å². The number of hydrogen-bond donors (Lipinski definition) is 1. The number of anilines is 1. The number of carbonyl (C=O) groups excluding carboxylic acids is 2. The molecule has 0 atom stereocenters. The number of thioether (sulfide) groups is 1. The Balaban J connectivity index is 1.52. The molecule has 2 heterocycles. The maximum absolute atomic E-state index is 12.3. The van der Waals surface area contributed by atoms with Crippen LogP contribution in [-0.4, -0.2) is 39.5 Å². The first-order valence-corrected chi connectivity index (χ1v) is 11.4. The zero-order chi connectivity index (χ0) is 22.4. The quantitative estimate of drug-likeness (QED) is 0.379. The van der Waals surface area contributed by atoms with Crippen molar-refractivity contribution < 1.29 is 19.1 Å². The zero-order valence-corrected chi connectivity index (χ0v) is 19.4. The second kappa shape index (κ2) is 10.5. The lowest BCUT2D eigenvalue weighted by Crippen LogP contribution is -2.16. The summed E-state index contributed by atoms with van der Waals surface area (Å²) in [6, 6.07) is 9.60. The van der Waals surface area contributed by atoms with Gasteiger partial charge in [-0.15, -0.1) is 21.5 Å². The van der Waals surface area contributed by atoms with Crippen LogP contribution in [0.1, 0.15) is 41.5 Å². The van der Waals surface area contributed by atoms with Crippen molar-refractivity contribution in [2.24, 2.45) is 7.05 Å². The van der Waals surface area contributed by atoms with E-state index in [0.717, 1.165) is 5.75 Å². The van der Waals surface area contributed by atoms with Gasteiger partial charge in [0.2, 0.25) is 5.91 Å². The van der Waals surface area contributed by atoms with Crippen LogP contribution < -0.4 is 10.1 Å². The van der Waals surface area contributed by atoms with Crippen molar-refractivity contribution in [2.75, 3.05) is 18.2 Å². The Morgan fingerprint density at radius 2 is 1.94 bits per heavy atom. The largest absolute Gasteiger partial charge is 0.486 e. The molecule has 3 aromatic rings. The number of esters is 1. The van der Waals surface area contributed by atoms with E-state index in [0.29, 0.717) is 27.5 Å². The van der Waals surface area contributed by atoms with Gasteiger partial charge in [-0.3, -0.25) is 4.79 Å². The lowest BCUT2D eigenvalue weighted by molar-refractivity contribution is -0.113. The summed E-state index contributed by atoms with van der Waals surface area (Å²) < 4.78 is 12.3. The van der Waals surface area contributed by atoms with Gasteiger partial charge in [0.15, 0.2) is 11.0 Å². The van der Waals surface area contributed by atoms with Gasteiger partial charge in [0, 0.05) is 7.05 Å². The van der Waals surface area contributed by atoms with Crippen LogP contribution in [0.3, 0.4) is 0 Å². The van der Waals surface area contributed by atoms with Crippen LogP contribution >= 0.6 is 23.1 Å². The standard InChI is InChI=1S/C21H24N4O4S2/c1-13(2)14-5-7-15(8-6-14)29-11-17-23-24-21(25(17)3)31-12-18(26)22-19-16(9-10-30-19)20(27)28-4/h5-10,13H,11-12H2,1-4H3,(H,22,26). The van der Waals surface area contributed by atoms with Crippen LogP contribution in [0.25, 0.3) is 0 Å². The summed E-state index contributed by atoms with van der Waals surface area (Å²) in [6.07, 6.45) is 0. The van der Waals surface area contributed by atoms with E-state index in [9.17, 15) is 9.59 Å². The third-order valence-electron chi connectivity index (χ3n) is 4.50. The molecule has 0 aliphatic heterocycles. The van der Waals surface area contributed by atoms with Gasteiger partial charge in [-0.1, -0.05) is 37.7 Å². The van der Waals surface area contributed by atoms with E-state index >= 15 is 0 Å². The Hall–Kier alpha value is -2.85. The maximum atomic E-state index is 12.3. The van der Waals surface area contributed by atoms with Gasteiger partial charge < -0.3 is 19.4 Å². The molecule has 0 saturated heterocycles. The van der Waals surface area contributed by atoms with Crippen molar-refractivity contribution in [1.29, 1.82) is 0 Å². The van der Waals surface area contributed by atoms with Gasteiger partial charge in [0.1, 0.15) is 17.4 Å². The van der Waals surface area contributed by atoms with Crippen LogP contribution in [-0.2, 0) is 23.2 Å². The van der Waals surface area contributed by atoms with E-state index in [-0.39, 0.29) is 18.3 Å². The van der Waals surface area contributed by atoms with Crippen LogP contribution in [0.2, 0.25) is 0 Å². The maximum Gasteiger partial charge on any atom is 0.340 e. The Labute approximate surface area is 189 Å². The number of nitrogens with one attached hydrogen (secondary N) is 1. The van der Waals surface area contributed by atoms with E-state index < -0.39 is 5.97 Å². The molecule has 0 saturated carbocycles. The molecule has 31 heavy (non-hydrogen) atoms. The molecule has 3 rings (SSSR count). The summed E-state index contributed by atoms with van der Waals surface area (Å²) in [5.74, 6) is 1.28. The molecule has 0 bridgehead atoms. The zero-order valence-electron chi connectivity index (χ0n) is 17.7. The second-order valence-electron chi connectivity index (χ2n) is 6.96. The summed E-state index contributed by atoms with van der Waals surface area (Å²) in [4.78, 5) is 24.0. The van der Waals surface area contributed by atoms with Gasteiger partial charge >= 0.3 is 5.97 Å². The molecule has 0 spiro atoms. The van der Waals surface area contributed by atoms with Crippen molar-refractivity contribution in [3.8, 4) is 5.75 Å². The lowest BCUT2D eigenvalue weighted by atomic mass is 10.0. The van der Waals surface area contributed by atoms with Crippen molar-refractivity contribution in [1.82, 2.24) is 14.8 Å². The van der Waals surface area contributed by atoms with Crippen molar-refractivity contribution >= 4 is 40.0 Å². The smallest absolute Gasteiger partial charge is 0.340 e. The monoisotopic (exact) mass is 460 g/mol. The summed E-state index contributed by atoms with van der Waals surface area (Å²) in [6.45, 7) is 4.57. The van der Waals surface area contributed by atoms with E-state index in [1.54, 1.807) is 16.0 Å². The fourth-order valence-corrected chi connectivity index (χ4v) is 4.18. The number of nitrogens with zero attached hydrogens (tertiary/aromatic N) is 3. The molecule has 0 unspecified atom stereocenters. The third kappa shape index (κ3) is 5.86. The molecular formula is C21H24N4O4S2. The van der Waals surface area contributed by atoms with E-state index in [1.165, 1.54) is 35.8 Å². The average molecular weight is 461 g/mol. The molecule has 0 fully saturated rings. The average Bonchev–Trinajstić information content (AvgIpc) is 3.37. The number of amides is 1. The predicted molar refractivity (Wildman–Crippen MR) is 121 cm³/mol. The number of carbonyl (C=O) groups is 2. The summed E-state index contributed by atoms with van der Waals surface area (Å²) in [7, 11) is 3.13. The van der Waals surface area contributed by atoms with Gasteiger partial charge in [-0.25, -0.2) is 4.79 Å². The number of hydrogen-bond acceptors (Lipinski definition) is 8. The first-order chi connectivity index (χ1) is 14.9. The molecular weight excluding hydrogens is 436 g/mol.